The second kappa shape index (κ2) is 6.13. The Hall–Kier alpha value is -2.09. The molecule has 0 radical (unpaired) electrons. The molecule has 21 heavy (non-hydrogen) atoms. The van der Waals surface area contributed by atoms with E-state index in [2.05, 4.69) is 12.1 Å². The van der Waals surface area contributed by atoms with Gasteiger partial charge < -0.3 is 4.74 Å². The number of ketones is 1. The van der Waals surface area contributed by atoms with Gasteiger partial charge in [-0.15, -0.1) is 0 Å². The van der Waals surface area contributed by atoms with Crippen LogP contribution in [0.4, 0.5) is 0 Å². The Kier molecular flexibility index (Phi) is 4.05. The molecule has 0 heterocycles. The number of benzene rings is 2. The van der Waals surface area contributed by atoms with Gasteiger partial charge in [0.15, 0.2) is 0 Å². The van der Waals surface area contributed by atoms with Crippen molar-refractivity contribution in [3.05, 3.63) is 65.7 Å². The summed E-state index contributed by atoms with van der Waals surface area (Å²) in [6.07, 6.45) is 1.50. The first kappa shape index (κ1) is 13.9. The summed E-state index contributed by atoms with van der Waals surface area (Å²) >= 11 is 0. The van der Waals surface area contributed by atoms with Crippen molar-refractivity contribution < 1.29 is 9.53 Å². The molecule has 0 aromatic heterocycles. The Morgan fingerprint density at radius 3 is 2.71 bits per heavy atom. The molecule has 0 saturated heterocycles. The van der Waals surface area contributed by atoms with Gasteiger partial charge >= 0.3 is 0 Å². The van der Waals surface area contributed by atoms with Crippen LogP contribution in [0, 0.1) is 12.8 Å². The first-order valence-corrected chi connectivity index (χ1v) is 7.51. The molecular weight excluding hydrogens is 260 g/mol. The van der Waals surface area contributed by atoms with E-state index in [1.165, 1.54) is 11.1 Å². The predicted molar refractivity (Wildman–Crippen MR) is 83.6 cm³/mol. The van der Waals surface area contributed by atoms with Gasteiger partial charge in [0.1, 0.15) is 11.5 Å². The van der Waals surface area contributed by atoms with Crippen LogP contribution in [0.1, 0.15) is 29.9 Å². The van der Waals surface area contributed by atoms with Gasteiger partial charge in [0.25, 0.3) is 0 Å². The van der Waals surface area contributed by atoms with Gasteiger partial charge in [-0.1, -0.05) is 42.5 Å². The van der Waals surface area contributed by atoms with Crippen LogP contribution in [-0.4, -0.2) is 12.4 Å². The summed E-state index contributed by atoms with van der Waals surface area (Å²) in [5, 5.41) is 0. The van der Waals surface area contributed by atoms with Gasteiger partial charge in [0.05, 0.1) is 6.61 Å². The minimum absolute atomic E-state index is 0.202. The molecule has 2 aromatic rings. The number of hydrogen-bond acceptors (Lipinski definition) is 2. The normalized spacial score (nSPS) is 20.0. The standard InChI is InChI=1S/C19H20O2/c1-14-6-5-9-16(12-14)21-11-10-19(20)18-13-17(18)15-7-3-2-4-8-15/h2-9,12,17-18H,10-11,13H2,1H3. The first-order chi connectivity index (χ1) is 10.2. The van der Waals surface area contributed by atoms with Crippen LogP contribution in [0.5, 0.6) is 5.75 Å². The van der Waals surface area contributed by atoms with Crippen LogP contribution in [-0.2, 0) is 4.79 Å². The number of carbonyl (C=O) groups is 1. The highest BCUT2D eigenvalue weighted by atomic mass is 16.5. The zero-order chi connectivity index (χ0) is 14.7. The Labute approximate surface area is 125 Å². The average Bonchev–Trinajstić information content (AvgIpc) is 3.29. The van der Waals surface area contributed by atoms with E-state index >= 15 is 0 Å². The molecule has 2 heteroatoms. The molecule has 108 valence electrons. The number of ether oxygens (including phenoxy) is 1. The molecule has 2 unspecified atom stereocenters. The smallest absolute Gasteiger partial charge is 0.139 e. The third-order valence-corrected chi connectivity index (χ3v) is 4.04. The van der Waals surface area contributed by atoms with Crippen LogP contribution in [0.25, 0.3) is 0 Å². The van der Waals surface area contributed by atoms with Gasteiger partial charge in [0, 0.05) is 12.3 Å². The summed E-state index contributed by atoms with van der Waals surface area (Å²) < 4.78 is 5.66. The molecular formula is C19H20O2. The highest BCUT2D eigenvalue weighted by molar-refractivity contribution is 5.85. The molecule has 2 atom stereocenters. The van der Waals surface area contributed by atoms with E-state index in [4.69, 9.17) is 4.74 Å². The maximum absolute atomic E-state index is 12.2. The molecule has 0 aliphatic heterocycles. The molecule has 2 aromatic carbocycles. The number of Topliss-reactive ketones (excluding diaryl/α,β-unsaturated/α-hetero) is 1. The van der Waals surface area contributed by atoms with Crippen molar-refractivity contribution in [1.82, 2.24) is 0 Å². The maximum Gasteiger partial charge on any atom is 0.139 e. The first-order valence-electron chi connectivity index (χ1n) is 7.51. The summed E-state index contributed by atoms with van der Waals surface area (Å²) in [6, 6.07) is 18.2. The summed E-state index contributed by atoms with van der Waals surface area (Å²) in [4.78, 5) is 12.2. The van der Waals surface area contributed by atoms with Gasteiger partial charge in [0.2, 0.25) is 0 Å². The minimum Gasteiger partial charge on any atom is -0.493 e. The third kappa shape index (κ3) is 3.52. The van der Waals surface area contributed by atoms with E-state index in [1.807, 2.05) is 49.4 Å². The molecule has 1 aliphatic carbocycles. The minimum atomic E-state index is 0.202. The number of hydrogen-bond donors (Lipinski definition) is 0. The topological polar surface area (TPSA) is 26.3 Å². The van der Waals surface area contributed by atoms with Crippen molar-refractivity contribution in [2.75, 3.05) is 6.61 Å². The van der Waals surface area contributed by atoms with Crippen molar-refractivity contribution in [2.45, 2.75) is 25.7 Å². The average molecular weight is 280 g/mol. The van der Waals surface area contributed by atoms with E-state index in [9.17, 15) is 4.79 Å². The fourth-order valence-corrected chi connectivity index (χ4v) is 2.78. The second-order valence-corrected chi connectivity index (χ2v) is 5.74. The van der Waals surface area contributed by atoms with Gasteiger partial charge in [-0.05, 0) is 42.5 Å². The van der Waals surface area contributed by atoms with Crippen molar-refractivity contribution in [1.29, 1.82) is 0 Å². The van der Waals surface area contributed by atoms with Crippen molar-refractivity contribution in [3.63, 3.8) is 0 Å². The highest BCUT2D eigenvalue weighted by Gasteiger charge is 2.42. The largest absolute Gasteiger partial charge is 0.493 e. The molecule has 0 amide bonds. The van der Waals surface area contributed by atoms with Crippen LogP contribution >= 0.6 is 0 Å². The fraction of sp³-hybridized carbons (Fsp3) is 0.316. The van der Waals surface area contributed by atoms with Gasteiger partial charge in [-0.3, -0.25) is 4.79 Å². The van der Waals surface area contributed by atoms with Crippen LogP contribution in [0.15, 0.2) is 54.6 Å². The van der Waals surface area contributed by atoms with E-state index in [1.54, 1.807) is 0 Å². The molecule has 1 aliphatic rings. The van der Waals surface area contributed by atoms with Crippen LogP contribution in [0.3, 0.4) is 0 Å². The van der Waals surface area contributed by atoms with Crippen molar-refractivity contribution in [2.24, 2.45) is 5.92 Å². The maximum atomic E-state index is 12.2. The van der Waals surface area contributed by atoms with E-state index in [-0.39, 0.29) is 5.92 Å². The molecule has 2 nitrogen and oxygen atoms in total. The Morgan fingerprint density at radius 2 is 1.95 bits per heavy atom. The van der Waals surface area contributed by atoms with Crippen molar-refractivity contribution in [3.8, 4) is 5.75 Å². The van der Waals surface area contributed by atoms with E-state index in [0.29, 0.717) is 24.7 Å². The lowest BCUT2D eigenvalue weighted by atomic mass is 10.1. The Bertz CT molecular complexity index is 618. The van der Waals surface area contributed by atoms with Gasteiger partial charge in [-0.25, -0.2) is 0 Å². The predicted octanol–water partition coefficient (Wildman–Crippen LogP) is 4.14. The molecule has 1 saturated carbocycles. The zero-order valence-corrected chi connectivity index (χ0v) is 12.3. The van der Waals surface area contributed by atoms with Crippen molar-refractivity contribution >= 4 is 5.78 Å². The fourth-order valence-electron chi connectivity index (χ4n) is 2.78. The Balaban J connectivity index is 1.46. The summed E-state index contributed by atoms with van der Waals surface area (Å²) in [6.45, 7) is 2.51. The quantitative estimate of drug-likeness (QED) is 0.795. The Morgan fingerprint density at radius 1 is 1.14 bits per heavy atom. The molecule has 0 N–H and O–H groups in total. The lowest BCUT2D eigenvalue weighted by Crippen LogP contribution is -2.09. The van der Waals surface area contributed by atoms with Crippen LogP contribution in [0.2, 0.25) is 0 Å². The second-order valence-electron chi connectivity index (χ2n) is 5.74. The lowest BCUT2D eigenvalue weighted by molar-refractivity contribution is -0.120. The third-order valence-electron chi connectivity index (χ3n) is 4.04. The number of rotatable bonds is 6. The molecule has 1 fully saturated rings. The molecule has 0 spiro atoms. The summed E-state index contributed by atoms with van der Waals surface area (Å²) in [5.41, 5.74) is 2.46. The van der Waals surface area contributed by atoms with E-state index < -0.39 is 0 Å². The molecule has 0 bridgehead atoms. The summed E-state index contributed by atoms with van der Waals surface area (Å²) in [5.74, 6) is 1.81. The highest BCUT2D eigenvalue weighted by Crippen LogP contribution is 2.48. The SMILES string of the molecule is Cc1cccc(OCCC(=O)C2CC2c2ccccc2)c1. The van der Waals surface area contributed by atoms with E-state index in [0.717, 1.165) is 12.2 Å². The monoisotopic (exact) mass is 280 g/mol. The number of carbonyl (C=O) groups excluding carboxylic acids is 1. The zero-order valence-electron chi connectivity index (χ0n) is 12.3. The number of aryl methyl sites for hydroxylation is 1. The van der Waals surface area contributed by atoms with Crippen LogP contribution < -0.4 is 4.74 Å². The van der Waals surface area contributed by atoms with Gasteiger partial charge in [-0.2, -0.15) is 0 Å². The lowest BCUT2D eigenvalue weighted by Gasteiger charge is -2.06. The summed E-state index contributed by atoms with van der Waals surface area (Å²) in [7, 11) is 0. The molecule has 3 rings (SSSR count).